The van der Waals surface area contributed by atoms with Gasteiger partial charge in [0.05, 0.1) is 18.8 Å². The number of nitrogens with one attached hydrogen (secondary N) is 1. The zero-order valence-corrected chi connectivity index (χ0v) is 15.8. The van der Waals surface area contributed by atoms with Crippen LogP contribution in [0.2, 0.25) is 0 Å². The number of nitrogens with two attached hydrogens (primary N) is 1. The van der Waals surface area contributed by atoms with Gasteiger partial charge in [0.15, 0.2) is 0 Å². The molecule has 0 heterocycles. The number of rotatable bonds is 8. The Morgan fingerprint density at radius 3 is 2.63 bits per heavy atom. The molecule has 148 valence electrons. The number of carbonyl (C=O) groups is 3. The van der Waals surface area contributed by atoms with Gasteiger partial charge >= 0.3 is 12.1 Å². The SMILES string of the molecule is C=CCOC(=O)c1cccc(COC[C@H](N)C(=O)NC(=O)OC(C)(C)C)c1. The molecule has 1 rings (SSSR count). The van der Waals surface area contributed by atoms with E-state index in [1.165, 1.54) is 6.08 Å². The van der Waals surface area contributed by atoms with Crippen molar-refractivity contribution >= 4 is 18.0 Å². The Labute approximate surface area is 158 Å². The molecule has 0 aliphatic heterocycles. The molecule has 0 aliphatic rings. The standard InChI is InChI=1S/C19H26N2O6/c1-5-9-26-17(23)14-8-6-7-13(10-14)11-25-12-15(20)16(22)21-18(24)27-19(2,3)4/h5-8,10,15H,1,9,11-12,20H2,2-4H3,(H,21,22,24)/t15-/m0/s1. The third kappa shape index (κ3) is 8.98. The third-order valence-corrected chi connectivity index (χ3v) is 3.02. The molecule has 0 bridgehead atoms. The summed E-state index contributed by atoms with van der Waals surface area (Å²) in [5.74, 6) is -1.17. The monoisotopic (exact) mass is 378 g/mol. The zero-order valence-electron chi connectivity index (χ0n) is 15.8. The molecular weight excluding hydrogens is 352 g/mol. The summed E-state index contributed by atoms with van der Waals surface area (Å²) in [4.78, 5) is 35.2. The highest BCUT2D eigenvalue weighted by Crippen LogP contribution is 2.09. The highest BCUT2D eigenvalue weighted by Gasteiger charge is 2.21. The summed E-state index contributed by atoms with van der Waals surface area (Å²) in [6, 6.07) is 5.65. The maximum absolute atomic E-state index is 11.8. The Bertz CT molecular complexity index is 681. The van der Waals surface area contributed by atoms with E-state index in [-0.39, 0.29) is 19.8 Å². The first-order valence-electron chi connectivity index (χ1n) is 8.36. The number of carbonyl (C=O) groups excluding carboxylic acids is 3. The highest BCUT2D eigenvalue weighted by atomic mass is 16.6. The van der Waals surface area contributed by atoms with Gasteiger partial charge in [-0.25, -0.2) is 9.59 Å². The summed E-state index contributed by atoms with van der Waals surface area (Å²) in [7, 11) is 0. The van der Waals surface area contributed by atoms with Gasteiger partial charge in [-0.3, -0.25) is 10.1 Å². The van der Waals surface area contributed by atoms with Gasteiger partial charge in [0, 0.05) is 0 Å². The molecule has 1 aromatic rings. The van der Waals surface area contributed by atoms with Crippen LogP contribution >= 0.6 is 0 Å². The minimum Gasteiger partial charge on any atom is -0.458 e. The molecule has 8 heteroatoms. The van der Waals surface area contributed by atoms with Crippen molar-refractivity contribution in [3.05, 3.63) is 48.0 Å². The van der Waals surface area contributed by atoms with Crippen LogP contribution in [-0.4, -0.2) is 42.8 Å². The number of esters is 1. The number of ether oxygens (including phenoxy) is 3. The van der Waals surface area contributed by atoms with E-state index in [4.69, 9.17) is 19.9 Å². The number of imide groups is 1. The molecule has 0 aliphatic carbocycles. The number of hydrogen-bond acceptors (Lipinski definition) is 7. The molecule has 0 radical (unpaired) electrons. The number of hydrogen-bond donors (Lipinski definition) is 2. The highest BCUT2D eigenvalue weighted by molar-refractivity contribution is 5.94. The van der Waals surface area contributed by atoms with Gasteiger partial charge in [-0.15, -0.1) is 0 Å². The average molecular weight is 378 g/mol. The molecule has 8 nitrogen and oxygen atoms in total. The Morgan fingerprint density at radius 2 is 2.00 bits per heavy atom. The molecule has 27 heavy (non-hydrogen) atoms. The predicted molar refractivity (Wildman–Crippen MR) is 98.9 cm³/mol. The summed E-state index contributed by atoms with van der Waals surface area (Å²) in [6.07, 6.45) is 0.614. The molecule has 0 saturated carbocycles. The van der Waals surface area contributed by atoms with Gasteiger partial charge in [-0.1, -0.05) is 24.8 Å². The number of amides is 2. The van der Waals surface area contributed by atoms with Crippen LogP contribution in [0.3, 0.4) is 0 Å². The average Bonchev–Trinajstić information content (AvgIpc) is 2.58. The van der Waals surface area contributed by atoms with Crippen molar-refractivity contribution in [1.82, 2.24) is 5.32 Å². The summed E-state index contributed by atoms with van der Waals surface area (Å²) in [5, 5.41) is 2.05. The Balaban J connectivity index is 2.46. The van der Waals surface area contributed by atoms with Gasteiger partial charge in [0.25, 0.3) is 0 Å². The lowest BCUT2D eigenvalue weighted by Crippen LogP contribution is -2.47. The maximum atomic E-state index is 11.8. The molecule has 0 unspecified atom stereocenters. The van der Waals surface area contributed by atoms with Crippen LogP contribution in [0.4, 0.5) is 4.79 Å². The smallest absolute Gasteiger partial charge is 0.414 e. The van der Waals surface area contributed by atoms with Crippen molar-refractivity contribution in [3.63, 3.8) is 0 Å². The Kier molecular flexibility index (Phi) is 8.64. The summed E-state index contributed by atoms with van der Waals surface area (Å²) < 4.78 is 15.3. The molecular formula is C19H26N2O6. The number of benzene rings is 1. The van der Waals surface area contributed by atoms with E-state index in [0.29, 0.717) is 11.1 Å². The van der Waals surface area contributed by atoms with Gasteiger partial charge < -0.3 is 19.9 Å². The van der Waals surface area contributed by atoms with Crippen LogP contribution in [0.5, 0.6) is 0 Å². The minimum atomic E-state index is -1.04. The normalized spacial score (nSPS) is 12.0. The van der Waals surface area contributed by atoms with E-state index in [2.05, 4.69) is 11.9 Å². The topological polar surface area (TPSA) is 117 Å². The Morgan fingerprint density at radius 1 is 1.30 bits per heavy atom. The fraction of sp³-hybridized carbons (Fsp3) is 0.421. The van der Waals surface area contributed by atoms with Crippen molar-refractivity contribution in [3.8, 4) is 0 Å². The van der Waals surface area contributed by atoms with Gasteiger partial charge in [0.2, 0.25) is 5.91 Å². The zero-order chi connectivity index (χ0) is 20.4. The van der Waals surface area contributed by atoms with Crippen LogP contribution in [0.15, 0.2) is 36.9 Å². The second kappa shape index (κ2) is 10.4. The van der Waals surface area contributed by atoms with Crippen LogP contribution in [0.25, 0.3) is 0 Å². The maximum Gasteiger partial charge on any atom is 0.414 e. The van der Waals surface area contributed by atoms with Crippen LogP contribution in [0, 0.1) is 0 Å². The Hall–Kier alpha value is -2.71. The van der Waals surface area contributed by atoms with Crippen LogP contribution in [0.1, 0.15) is 36.7 Å². The van der Waals surface area contributed by atoms with E-state index in [9.17, 15) is 14.4 Å². The second-order valence-corrected chi connectivity index (χ2v) is 6.70. The molecule has 2 amide bonds. The summed E-state index contributed by atoms with van der Waals surface area (Å²) in [5.41, 5.74) is 6.07. The predicted octanol–water partition coefficient (Wildman–Crippen LogP) is 1.92. The van der Waals surface area contributed by atoms with Crippen LogP contribution in [-0.2, 0) is 25.6 Å². The first kappa shape index (κ1) is 22.3. The lowest BCUT2D eigenvalue weighted by Gasteiger charge is -2.20. The summed E-state index contributed by atoms with van der Waals surface area (Å²) >= 11 is 0. The van der Waals surface area contributed by atoms with Crippen molar-refractivity contribution in [2.75, 3.05) is 13.2 Å². The van der Waals surface area contributed by atoms with E-state index < -0.39 is 29.6 Å². The fourth-order valence-corrected chi connectivity index (χ4v) is 1.88. The molecule has 1 aromatic carbocycles. The van der Waals surface area contributed by atoms with E-state index in [0.717, 1.165) is 0 Å². The first-order valence-corrected chi connectivity index (χ1v) is 8.36. The quantitative estimate of drug-likeness (QED) is 0.524. The van der Waals surface area contributed by atoms with E-state index in [1.54, 1.807) is 45.0 Å². The molecule has 0 spiro atoms. The molecule has 0 aromatic heterocycles. The molecule has 1 atom stereocenters. The van der Waals surface area contributed by atoms with E-state index in [1.807, 2.05) is 0 Å². The second-order valence-electron chi connectivity index (χ2n) is 6.70. The lowest BCUT2D eigenvalue weighted by atomic mass is 10.1. The lowest BCUT2D eigenvalue weighted by molar-refractivity contribution is -0.123. The number of alkyl carbamates (subject to hydrolysis) is 1. The van der Waals surface area contributed by atoms with Gasteiger partial charge in [0.1, 0.15) is 18.2 Å². The van der Waals surface area contributed by atoms with E-state index >= 15 is 0 Å². The van der Waals surface area contributed by atoms with Crippen LogP contribution < -0.4 is 11.1 Å². The fourth-order valence-electron chi connectivity index (χ4n) is 1.88. The van der Waals surface area contributed by atoms with Crippen molar-refractivity contribution < 1.29 is 28.6 Å². The molecule has 0 fully saturated rings. The van der Waals surface area contributed by atoms with Gasteiger partial charge in [-0.05, 0) is 38.5 Å². The minimum absolute atomic E-state index is 0.111. The molecule has 0 saturated heterocycles. The largest absolute Gasteiger partial charge is 0.458 e. The molecule has 3 N–H and O–H groups in total. The van der Waals surface area contributed by atoms with Crippen molar-refractivity contribution in [1.29, 1.82) is 0 Å². The first-order chi connectivity index (χ1) is 12.6. The van der Waals surface area contributed by atoms with Crippen molar-refractivity contribution in [2.24, 2.45) is 5.73 Å². The third-order valence-electron chi connectivity index (χ3n) is 3.02. The van der Waals surface area contributed by atoms with Crippen molar-refractivity contribution in [2.45, 2.75) is 39.0 Å². The van der Waals surface area contributed by atoms with Gasteiger partial charge in [-0.2, -0.15) is 0 Å². The summed E-state index contributed by atoms with van der Waals surface area (Å²) in [6.45, 7) is 8.68.